The van der Waals surface area contributed by atoms with Crippen molar-refractivity contribution >= 4 is 27.9 Å². The number of pyridine rings is 2. The lowest BCUT2D eigenvalue weighted by atomic mass is 9.90. The number of hydrogen-bond acceptors (Lipinski definition) is 0. The van der Waals surface area contributed by atoms with Crippen LogP contribution in [-0.2, 0) is 20.5 Å². The van der Waals surface area contributed by atoms with Gasteiger partial charge in [-0.05, 0) is 54.3 Å². The summed E-state index contributed by atoms with van der Waals surface area (Å²) in [6.07, 6.45) is 3.67. The van der Waals surface area contributed by atoms with Crippen molar-refractivity contribution in [3.63, 3.8) is 0 Å². The van der Waals surface area contributed by atoms with Crippen LogP contribution in [0.3, 0.4) is 0 Å². The van der Waals surface area contributed by atoms with E-state index in [9.17, 15) is 8.78 Å². The normalized spacial score (nSPS) is 14.0. The van der Waals surface area contributed by atoms with Crippen molar-refractivity contribution in [2.75, 3.05) is 0 Å². The molecular weight excluding hydrogens is 330 g/mol. The predicted octanol–water partition coefficient (Wildman–Crippen LogP) is 4.69. The van der Waals surface area contributed by atoms with Crippen molar-refractivity contribution in [2.45, 2.75) is 13.3 Å². The summed E-state index contributed by atoms with van der Waals surface area (Å²) in [4.78, 5) is 0. The summed E-state index contributed by atoms with van der Waals surface area (Å²) in [7, 11) is 3.99. The van der Waals surface area contributed by atoms with Gasteiger partial charge in [-0.2, -0.15) is 0 Å². The van der Waals surface area contributed by atoms with E-state index in [-0.39, 0.29) is 18.1 Å². The van der Waals surface area contributed by atoms with E-state index in [1.54, 1.807) is 18.2 Å². The molecule has 4 heteroatoms. The molecule has 2 aromatic carbocycles. The van der Waals surface area contributed by atoms with Crippen LogP contribution in [0, 0.1) is 12.7 Å². The minimum atomic E-state index is -0.250. The monoisotopic (exact) mass is 348 g/mol. The lowest BCUT2D eigenvalue weighted by Crippen LogP contribution is -2.28. The van der Waals surface area contributed by atoms with Crippen LogP contribution in [0.1, 0.15) is 11.1 Å². The number of aryl methyl sites for hydroxylation is 3. The standard InChI is InChI=1S/C22H18F2N2/c1-12-8-16-15-10-13(23)4-6-18(15)26(3)22-17-11-14(24)5-7-19(17)25(2)20(9-12)21(16)22/h4-10H,11H2,1-3H3. The molecule has 2 heterocycles. The third-order valence-corrected chi connectivity index (χ3v) is 5.53. The number of rotatable bonds is 0. The molecule has 0 atom stereocenters. The van der Waals surface area contributed by atoms with Gasteiger partial charge in [-0.25, -0.2) is 8.78 Å². The van der Waals surface area contributed by atoms with Gasteiger partial charge in [-0.15, -0.1) is 0 Å². The zero-order chi connectivity index (χ0) is 18.2. The summed E-state index contributed by atoms with van der Waals surface area (Å²) in [5, 5.41) is 2.91. The second kappa shape index (κ2) is 5.07. The molecule has 5 rings (SSSR count). The zero-order valence-corrected chi connectivity index (χ0v) is 14.9. The third kappa shape index (κ3) is 1.90. The van der Waals surface area contributed by atoms with Crippen LogP contribution in [-0.4, -0.2) is 9.13 Å². The first-order chi connectivity index (χ1) is 12.5. The number of halogens is 2. The fourth-order valence-corrected chi connectivity index (χ4v) is 4.39. The quantitative estimate of drug-likeness (QED) is 0.322. The van der Waals surface area contributed by atoms with E-state index in [0.717, 1.165) is 49.5 Å². The van der Waals surface area contributed by atoms with Crippen molar-refractivity contribution in [3.8, 4) is 11.3 Å². The number of nitrogens with zero attached hydrogens (tertiary/aromatic N) is 2. The first-order valence-electron chi connectivity index (χ1n) is 8.68. The van der Waals surface area contributed by atoms with Crippen molar-refractivity contribution in [3.05, 3.63) is 64.5 Å². The molecule has 0 N–H and O–H groups in total. The van der Waals surface area contributed by atoms with Crippen molar-refractivity contribution in [2.24, 2.45) is 14.1 Å². The maximum Gasteiger partial charge on any atom is 0.123 e. The molecular formula is C22H18F2N2. The summed E-state index contributed by atoms with van der Waals surface area (Å²) in [5.74, 6) is -0.389. The van der Waals surface area contributed by atoms with E-state index in [1.807, 2.05) is 20.2 Å². The maximum atomic E-state index is 14.1. The van der Waals surface area contributed by atoms with E-state index < -0.39 is 0 Å². The second-order valence-corrected chi connectivity index (χ2v) is 7.16. The molecule has 2 aliphatic heterocycles. The van der Waals surface area contributed by atoms with Gasteiger partial charge in [-0.1, -0.05) is 6.07 Å². The van der Waals surface area contributed by atoms with Crippen LogP contribution in [0.25, 0.3) is 39.1 Å². The van der Waals surface area contributed by atoms with Crippen LogP contribution < -0.4 is 5.35 Å². The Bertz CT molecular complexity index is 1300. The fourth-order valence-electron chi connectivity index (χ4n) is 4.39. The molecule has 0 radical (unpaired) electrons. The van der Waals surface area contributed by atoms with E-state index in [1.165, 1.54) is 6.07 Å². The van der Waals surface area contributed by atoms with Crippen LogP contribution in [0.4, 0.5) is 8.78 Å². The van der Waals surface area contributed by atoms with Gasteiger partial charge in [0.2, 0.25) is 0 Å². The van der Waals surface area contributed by atoms with Crippen molar-refractivity contribution in [1.82, 2.24) is 9.13 Å². The molecule has 0 amide bonds. The smallest absolute Gasteiger partial charge is 0.123 e. The molecule has 0 fully saturated rings. The van der Waals surface area contributed by atoms with E-state index in [4.69, 9.17) is 0 Å². The fraction of sp³-hybridized carbons (Fsp3) is 0.182. The number of allylic oxidation sites excluding steroid dienone is 2. The summed E-state index contributed by atoms with van der Waals surface area (Å²) in [6.45, 7) is 2.05. The Hall–Kier alpha value is -2.88. The number of benzene rings is 2. The summed E-state index contributed by atoms with van der Waals surface area (Å²) < 4.78 is 32.3. The van der Waals surface area contributed by atoms with Crippen molar-refractivity contribution in [1.29, 1.82) is 0 Å². The Labute approximate surface area is 149 Å². The Morgan fingerprint density at radius 1 is 0.885 bits per heavy atom. The van der Waals surface area contributed by atoms with E-state index in [2.05, 4.69) is 28.2 Å². The Balaban J connectivity index is 2.16. The van der Waals surface area contributed by atoms with Gasteiger partial charge in [0.05, 0.1) is 11.2 Å². The summed E-state index contributed by atoms with van der Waals surface area (Å²) in [5.41, 5.74) is 6.18. The molecule has 0 unspecified atom stereocenters. The average Bonchev–Trinajstić information content (AvgIpc) is 2.61. The van der Waals surface area contributed by atoms with Crippen LogP contribution >= 0.6 is 0 Å². The van der Waals surface area contributed by atoms with Gasteiger partial charge in [0.15, 0.2) is 0 Å². The first kappa shape index (κ1) is 15.4. The van der Waals surface area contributed by atoms with Gasteiger partial charge in [0.1, 0.15) is 11.6 Å². The molecule has 2 aromatic rings. The highest BCUT2D eigenvalue weighted by atomic mass is 19.1. The van der Waals surface area contributed by atoms with Gasteiger partial charge in [-0.3, -0.25) is 0 Å². The molecule has 2 nitrogen and oxygen atoms in total. The van der Waals surface area contributed by atoms with Crippen LogP contribution in [0.15, 0.2) is 42.2 Å². The van der Waals surface area contributed by atoms with Crippen molar-refractivity contribution < 1.29 is 8.78 Å². The molecule has 0 aromatic heterocycles. The molecule has 3 aliphatic rings. The second-order valence-electron chi connectivity index (χ2n) is 7.16. The van der Waals surface area contributed by atoms with Crippen LogP contribution in [0.5, 0.6) is 0 Å². The highest BCUT2D eigenvalue weighted by Crippen LogP contribution is 2.40. The summed E-state index contributed by atoms with van der Waals surface area (Å²) >= 11 is 0. The summed E-state index contributed by atoms with van der Waals surface area (Å²) in [6, 6.07) is 9.12. The lowest BCUT2D eigenvalue weighted by molar-refractivity contribution is 0.607. The number of aromatic nitrogens is 2. The minimum absolute atomic E-state index is 0.139. The predicted molar refractivity (Wildman–Crippen MR) is 102 cm³/mol. The van der Waals surface area contributed by atoms with E-state index in [0.29, 0.717) is 0 Å². The number of fused-ring (bicyclic) bond motifs is 4. The molecule has 26 heavy (non-hydrogen) atoms. The van der Waals surface area contributed by atoms with Gasteiger partial charge >= 0.3 is 0 Å². The lowest BCUT2D eigenvalue weighted by Gasteiger charge is -2.27. The highest BCUT2D eigenvalue weighted by Gasteiger charge is 2.24. The maximum absolute atomic E-state index is 14.1. The third-order valence-electron chi connectivity index (χ3n) is 5.53. The number of hydrogen-bond donors (Lipinski definition) is 0. The van der Waals surface area contributed by atoms with Gasteiger partial charge < -0.3 is 9.13 Å². The largest absolute Gasteiger partial charge is 0.344 e. The molecule has 0 saturated heterocycles. The van der Waals surface area contributed by atoms with Crippen LogP contribution in [0.2, 0.25) is 0 Å². The van der Waals surface area contributed by atoms with Gasteiger partial charge in [0.25, 0.3) is 0 Å². The Morgan fingerprint density at radius 2 is 1.69 bits per heavy atom. The molecule has 0 spiro atoms. The molecule has 0 saturated carbocycles. The Morgan fingerprint density at radius 3 is 2.50 bits per heavy atom. The molecule has 1 aliphatic carbocycles. The Kier molecular flexibility index (Phi) is 3.00. The first-order valence-corrected chi connectivity index (χ1v) is 8.68. The highest BCUT2D eigenvalue weighted by molar-refractivity contribution is 6.11. The minimum Gasteiger partial charge on any atom is -0.344 e. The topological polar surface area (TPSA) is 9.86 Å². The zero-order valence-electron chi connectivity index (χ0n) is 14.9. The molecule has 0 bridgehead atoms. The molecule has 130 valence electrons. The average molecular weight is 348 g/mol. The van der Waals surface area contributed by atoms with Gasteiger partial charge in [0, 0.05) is 47.9 Å². The van der Waals surface area contributed by atoms with E-state index >= 15 is 0 Å². The SMILES string of the molecule is Cc1cc2c3c(c1)n(C)c1c(c-3n(C)c3ccc(F)cc23)CC(F)=CC=1.